The van der Waals surface area contributed by atoms with Gasteiger partial charge in [-0.25, -0.2) is 8.42 Å². The van der Waals surface area contributed by atoms with Gasteiger partial charge in [0.2, 0.25) is 10.0 Å². The van der Waals surface area contributed by atoms with E-state index >= 15 is 0 Å². The van der Waals surface area contributed by atoms with Crippen LogP contribution in [0.3, 0.4) is 0 Å². The van der Waals surface area contributed by atoms with Gasteiger partial charge in [-0.3, -0.25) is 4.90 Å². The van der Waals surface area contributed by atoms with Crippen molar-refractivity contribution in [3.63, 3.8) is 0 Å². The van der Waals surface area contributed by atoms with Crippen LogP contribution in [0, 0.1) is 11.3 Å². The van der Waals surface area contributed by atoms with Crippen molar-refractivity contribution in [3.8, 4) is 6.07 Å². The predicted molar refractivity (Wildman–Crippen MR) is 85.5 cm³/mol. The molecule has 22 heavy (non-hydrogen) atoms. The van der Waals surface area contributed by atoms with Gasteiger partial charge < -0.3 is 5.32 Å². The number of rotatable bonds is 6. The molecule has 1 aliphatic heterocycles. The predicted octanol–water partition coefficient (Wildman–Crippen LogP) is 0.377. The Labute approximate surface area is 132 Å². The van der Waals surface area contributed by atoms with Gasteiger partial charge in [0.1, 0.15) is 0 Å². The van der Waals surface area contributed by atoms with E-state index in [2.05, 4.69) is 34.5 Å². The molecule has 1 aromatic carbocycles. The Morgan fingerprint density at radius 2 is 1.91 bits per heavy atom. The van der Waals surface area contributed by atoms with Gasteiger partial charge in [0.25, 0.3) is 0 Å². The summed E-state index contributed by atoms with van der Waals surface area (Å²) in [7, 11) is -1.48. The fourth-order valence-electron chi connectivity index (χ4n) is 2.64. The molecule has 0 bridgehead atoms. The number of nitrogens with one attached hydrogen (secondary N) is 1. The minimum atomic E-state index is -3.41. The van der Waals surface area contributed by atoms with Crippen LogP contribution >= 0.6 is 0 Å². The van der Waals surface area contributed by atoms with Crippen LogP contribution in [-0.4, -0.2) is 56.6 Å². The van der Waals surface area contributed by atoms with E-state index in [1.165, 1.54) is 15.4 Å². The Kier molecular flexibility index (Phi) is 5.91. The third kappa shape index (κ3) is 4.52. The van der Waals surface area contributed by atoms with Crippen molar-refractivity contribution in [2.75, 3.05) is 39.0 Å². The van der Waals surface area contributed by atoms with E-state index in [0.29, 0.717) is 26.2 Å². The first-order valence-corrected chi connectivity index (χ1v) is 8.95. The summed E-state index contributed by atoms with van der Waals surface area (Å²) in [6.45, 7) is 3.97. The summed E-state index contributed by atoms with van der Waals surface area (Å²) in [5, 5.41) is 11.7. The van der Waals surface area contributed by atoms with Gasteiger partial charge in [-0.2, -0.15) is 9.57 Å². The lowest BCUT2D eigenvalue weighted by molar-refractivity contribution is 0.182. The van der Waals surface area contributed by atoms with Gasteiger partial charge in [0.15, 0.2) is 5.75 Å². The summed E-state index contributed by atoms with van der Waals surface area (Å²) in [5.41, 5.74) is 2.48. The Morgan fingerprint density at radius 3 is 2.55 bits per heavy atom. The third-order valence-electron chi connectivity index (χ3n) is 3.75. The standard InChI is InChI=1S/C15H22N4O2S/c1-17-12-14-3-2-4-15(11-14)13-18-6-8-19(9-7-18)22(20,21)10-5-16/h2-4,11,17H,6-10,12-13H2,1H3. The minimum absolute atomic E-state index is 0.431. The van der Waals surface area contributed by atoms with Crippen molar-refractivity contribution in [1.29, 1.82) is 5.26 Å². The van der Waals surface area contributed by atoms with Gasteiger partial charge in [0.05, 0.1) is 6.07 Å². The quantitative estimate of drug-likeness (QED) is 0.819. The first kappa shape index (κ1) is 16.9. The fourth-order valence-corrected chi connectivity index (χ4v) is 3.70. The van der Waals surface area contributed by atoms with Crippen molar-refractivity contribution >= 4 is 10.0 Å². The smallest absolute Gasteiger partial charge is 0.227 e. The summed E-state index contributed by atoms with van der Waals surface area (Å²) in [4.78, 5) is 2.25. The number of sulfonamides is 1. The Hall–Kier alpha value is -1.46. The molecule has 0 unspecified atom stereocenters. The average molecular weight is 322 g/mol. The van der Waals surface area contributed by atoms with Gasteiger partial charge >= 0.3 is 0 Å². The topological polar surface area (TPSA) is 76.4 Å². The summed E-state index contributed by atoms with van der Waals surface area (Å²) in [6.07, 6.45) is 0. The highest BCUT2D eigenvalue weighted by molar-refractivity contribution is 7.89. The van der Waals surface area contributed by atoms with Crippen molar-refractivity contribution in [1.82, 2.24) is 14.5 Å². The molecule has 2 rings (SSSR count). The van der Waals surface area contributed by atoms with Crippen molar-refractivity contribution in [2.45, 2.75) is 13.1 Å². The maximum atomic E-state index is 11.8. The number of nitrogens with zero attached hydrogens (tertiary/aromatic N) is 3. The lowest BCUT2D eigenvalue weighted by Crippen LogP contribution is -2.48. The zero-order valence-electron chi connectivity index (χ0n) is 12.8. The number of hydrogen-bond donors (Lipinski definition) is 1. The van der Waals surface area contributed by atoms with E-state index in [0.717, 1.165) is 13.1 Å². The summed E-state index contributed by atoms with van der Waals surface area (Å²) >= 11 is 0. The van der Waals surface area contributed by atoms with Crippen LogP contribution in [0.1, 0.15) is 11.1 Å². The molecule has 1 saturated heterocycles. The molecule has 0 amide bonds. The van der Waals surface area contributed by atoms with Gasteiger partial charge in [-0.15, -0.1) is 0 Å². The van der Waals surface area contributed by atoms with E-state index in [-0.39, 0.29) is 0 Å². The van der Waals surface area contributed by atoms with E-state index in [4.69, 9.17) is 5.26 Å². The lowest BCUT2D eigenvalue weighted by Gasteiger charge is -2.33. The van der Waals surface area contributed by atoms with Gasteiger partial charge in [-0.05, 0) is 18.2 Å². The SMILES string of the molecule is CNCc1cccc(CN2CCN(S(=O)(=O)CC#N)CC2)c1. The Bertz CT molecular complexity index is 631. The minimum Gasteiger partial charge on any atom is -0.316 e. The molecule has 1 aromatic rings. The van der Waals surface area contributed by atoms with E-state index < -0.39 is 15.8 Å². The van der Waals surface area contributed by atoms with Crippen LogP contribution in [0.5, 0.6) is 0 Å². The third-order valence-corrected chi connectivity index (χ3v) is 5.40. The number of benzene rings is 1. The van der Waals surface area contributed by atoms with E-state index in [9.17, 15) is 8.42 Å². The van der Waals surface area contributed by atoms with E-state index in [1.807, 2.05) is 7.05 Å². The molecule has 1 aliphatic rings. The molecule has 6 nitrogen and oxygen atoms in total. The zero-order valence-corrected chi connectivity index (χ0v) is 13.6. The van der Waals surface area contributed by atoms with Gasteiger partial charge in [0, 0.05) is 39.3 Å². The van der Waals surface area contributed by atoms with Crippen LogP contribution in [0.25, 0.3) is 0 Å². The van der Waals surface area contributed by atoms with Crippen molar-refractivity contribution in [2.24, 2.45) is 0 Å². The van der Waals surface area contributed by atoms with Gasteiger partial charge in [-0.1, -0.05) is 24.3 Å². The van der Waals surface area contributed by atoms with Crippen molar-refractivity contribution < 1.29 is 8.42 Å². The number of hydrogen-bond acceptors (Lipinski definition) is 5. The molecular weight excluding hydrogens is 300 g/mol. The monoisotopic (exact) mass is 322 g/mol. The second-order valence-corrected chi connectivity index (χ2v) is 7.41. The van der Waals surface area contributed by atoms with Crippen LogP contribution < -0.4 is 5.32 Å². The van der Waals surface area contributed by atoms with E-state index in [1.54, 1.807) is 6.07 Å². The molecule has 7 heteroatoms. The highest BCUT2D eigenvalue weighted by Crippen LogP contribution is 2.13. The Balaban J connectivity index is 1.90. The average Bonchev–Trinajstić information content (AvgIpc) is 2.48. The molecule has 0 aromatic heterocycles. The lowest BCUT2D eigenvalue weighted by atomic mass is 10.1. The van der Waals surface area contributed by atoms with Crippen LogP contribution in [0.4, 0.5) is 0 Å². The zero-order chi connectivity index (χ0) is 16.0. The van der Waals surface area contributed by atoms with Crippen LogP contribution in [0.15, 0.2) is 24.3 Å². The molecule has 0 aliphatic carbocycles. The maximum Gasteiger partial charge on any atom is 0.227 e. The highest BCUT2D eigenvalue weighted by atomic mass is 32.2. The fraction of sp³-hybridized carbons (Fsp3) is 0.533. The van der Waals surface area contributed by atoms with Crippen molar-refractivity contribution in [3.05, 3.63) is 35.4 Å². The summed E-state index contributed by atoms with van der Waals surface area (Å²) in [5.74, 6) is -0.431. The van der Waals surface area contributed by atoms with Crippen LogP contribution in [0.2, 0.25) is 0 Å². The molecule has 0 radical (unpaired) electrons. The molecule has 0 saturated carbocycles. The first-order valence-electron chi connectivity index (χ1n) is 7.34. The molecule has 0 atom stereocenters. The Morgan fingerprint density at radius 1 is 1.23 bits per heavy atom. The normalized spacial score (nSPS) is 17.3. The number of piperazine rings is 1. The first-order chi connectivity index (χ1) is 10.5. The summed E-state index contributed by atoms with van der Waals surface area (Å²) in [6, 6.07) is 10.1. The number of nitriles is 1. The molecule has 1 heterocycles. The molecule has 1 fully saturated rings. The molecule has 1 N–H and O–H groups in total. The molecule has 0 spiro atoms. The molecule has 120 valence electrons. The highest BCUT2D eigenvalue weighted by Gasteiger charge is 2.26. The largest absolute Gasteiger partial charge is 0.316 e. The summed E-state index contributed by atoms with van der Waals surface area (Å²) < 4.78 is 25.1. The second kappa shape index (κ2) is 7.70. The molecular formula is C15H22N4O2S. The van der Waals surface area contributed by atoms with Crippen LogP contribution in [-0.2, 0) is 23.1 Å². The maximum absolute atomic E-state index is 11.8. The second-order valence-electron chi connectivity index (χ2n) is 5.44.